The number of aromatic nitrogens is 1. The van der Waals surface area contributed by atoms with Crippen molar-refractivity contribution in [3.05, 3.63) is 40.9 Å². The van der Waals surface area contributed by atoms with E-state index in [0.29, 0.717) is 6.54 Å². The average molecular weight is 240 g/mol. The van der Waals surface area contributed by atoms with Gasteiger partial charge in [0.2, 0.25) is 0 Å². The van der Waals surface area contributed by atoms with Crippen LogP contribution in [0.5, 0.6) is 0 Å². The number of nitrogens with zero attached hydrogens (tertiary/aromatic N) is 1. The van der Waals surface area contributed by atoms with Gasteiger partial charge in [-0.3, -0.25) is 9.78 Å². The number of carbonyl (C=O) groups excluding carboxylic acids is 1. The van der Waals surface area contributed by atoms with Crippen LogP contribution in [0.1, 0.15) is 27.2 Å². The van der Waals surface area contributed by atoms with Crippen molar-refractivity contribution >= 4 is 5.91 Å². The topological polar surface area (TPSA) is 55.1 Å². The van der Waals surface area contributed by atoms with Crippen LogP contribution >= 0.6 is 0 Å². The van der Waals surface area contributed by atoms with Crippen LogP contribution < -0.4 is 5.32 Å². The highest BCUT2D eigenvalue weighted by atomic mass is 16.3. The van der Waals surface area contributed by atoms with Crippen molar-refractivity contribution in [3.8, 4) is 11.3 Å². The summed E-state index contributed by atoms with van der Waals surface area (Å²) in [6.07, 6.45) is 6.24. The predicted octanol–water partition coefficient (Wildman–Crippen LogP) is 1.73. The summed E-state index contributed by atoms with van der Waals surface area (Å²) in [6, 6.07) is 1.97. The van der Waals surface area contributed by atoms with Crippen LogP contribution in [-0.2, 0) is 19.3 Å². The Hall–Kier alpha value is -2.10. The summed E-state index contributed by atoms with van der Waals surface area (Å²) < 4.78 is 5.94. The summed E-state index contributed by atoms with van der Waals surface area (Å²) in [7, 11) is 0. The molecule has 1 aliphatic heterocycles. The minimum absolute atomic E-state index is 0.0127. The number of pyridine rings is 1. The van der Waals surface area contributed by atoms with Crippen molar-refractivity contribution in [2.75, 3.05) is 6.54 Å². The number of carbonyl (C=O) groups is 1. The lowest BCUT2D eigenvalue weighted by atomic mass is 9.89. The molecule has 18 heavy (non-hydrogen) atoms. The molecule has 90 valence electrons. The number of aryl methyl sites for hydroxylation is 1. The van der Waals surface area contributed by atoms with Gasteiger partial charge in [0.05, 0.1) is 5.56 Å². The molecular weight excluding hydrogens is 228 g/mol. The van der Waals surface area contributed by atoms with Gasteiger partial charge in [0, 0.05) is 36.5 Å². The second-order valence-electron chi connectivity index (χ2n) is 4.75. The first-order chi connectivity index (χ1) is 8.84. The summed E-state index contributed by atoms with van der Waals surface area (Å²) in [5.74, 6) is 1.73. The van der Waals surface area contributed by atoms with Crippen LogP contribution in [-0.4, -0.2) is 17.4 Å². The molecule has 0 aromatic carbocycles. The third-order valence-corrected chi connectivity index (χ3v) is 3.74. The first kappa shape index (κ1) is 9.88. The van der Waals surface area contributed by atoms with E-state index in [9.17, 15) is 4.79 Å². The van der Waals surface area contributed by atoms with Crippen molar-refractivity contribution in [2.45, 2.75) is 19.3 Å². The lowest BCUT2D eigenvalue weighted by molar-refractivity contribution is 0.0942. The number of rotatable bonds is 0. The van der Waals surface area contributed by atoms with E-state index >= 15 is 0 Å². The molecule has 0 saturated heterocycles. The molecule has 2 aromatic heterocycles. The van der Waals surface area contributed by atoms with Crippen LogP contribution in [0.15, 0.2) is 22.9 Å². The highest BCUT2D eigenvalue weighted by Crippen LogP contribution is 2.39. The van der Waals surface area contributed by atoms with Crippen molar-refractivity contribution in [2.24, 2.45) is 0 Å². The predicted molar refractivity (Wildman–Crippen MR) is 65.4 cm³/mol. The molecule has 2 aliphatic rings. The maximum atomic E-state index is 11.9. The standard InChI is InChI=1S/C14H12N2O2/c17-14-12-10-2-1-8-7-15-5-3-9(8)13(10)18-11(12)4-6-16-14/h3,5,7H,1-2,4,6H2,(H,16,17). The molecule has 3 heterocycles. The Morgan fingerprint density at radius 2 is 2.22 bits per heavy atom. The molecule has 4 heteroatoms. The van der Waals surface area contributed by atoms with E-state index < -0.39 is 0 Å². The Balaban J connectivity index is 1.99. The molecule has 0 unspecified atom stereocenters. The molecule has 0 spiro atoms. The lowest BCUT2D eigenvalue weighted by Gasteiger charge is -2.15. The number of fused-ring (bicyclic) bond motifs is 5. The average Bonchev–Trinajstić information content (AvgIpc) is 2.79. The SMILES string of the molecule is O=C1NCCc2oc3c(c21)CCc1cnccc1-3. The third-order valence-electron chi connectivity index (χ3n) is 3.74. The van der Waals surface area contributed by atoms with E-state index in [0.717, 1.165) is 47.5 Å². The van der Waals surface area contributed by atoms with Crippen LogP contribution in [0.2, 0.25) is 0 Å². The molecule has 2 aromatic rings. The van der Waals surface area contributed by atoms with Gasteiger partial charge in [0.15, 0.2) is 0 Å². The number of amides is 1. The Morgan fingerprint density at radius 3 is 3.17 bits per heavy atom. The van der Waals surface area contributed by atoms with Gasteiger partial charge < -0.3 is 9.73 Å². The zero-order valence-corrected chi connectivity index (χ0v) is 9.82. The van der Waals surface area contributed by atoms with Crippen molar-refractivity contribution in [1.29, 1.82) is 0 Å². The maximum absolute atomic E-state index is 11.9. The van der Waals surface area contributed by atoms with Crippen LogP contribution in [0.3, 0.4) is 0 Å². The second-order valence-corrected chi connectivity index (χ2v) is 4.75. The first-order valence-electron chi connectivity index (χ1n) is 6.20. The molecule has 4 nitrogen and oxygen atoms in total. The summed E-state index contributed by atoms with van der Waals surface area (Å²) in [4.78, 5) is 16.1. The minimum atomic E-state index is 0.0127. The fraction of sp³-hybridized carbons (Fsp3) is 0.286. The number of hydrogen-bond acceptors (Lipinski definition) is 3. The Morgan fingerprint density at radius 1 is 1.28 bits per heavy atom. The summed E-state index contributed by atoms with van der Waals surface area (Å²) in [6.45, 7) is 0.668. The first-order valence-corrected chi connectivity index (χ1v) is 6.20. The smallest absolute Gasteiger partial charge is 0.255 e. The van der Waals surface area contributed by atoms with Gasteiger partial charge in [-0.05, 0) is 24.5 Å². The summed E-state index contributed by atoms with van der Waals surface area (Å²) in [5.41, 5.74) is 4.14. The van der Waals surface area contributed by atoms with Gasteiger partial charge in [0.1, 0.15) is 11.5 Å². The van der Waals surface area contributed by atoms with E-state index in [1.807, 2.05) is 12.3 Å². The van der Waals surface area contributed by atoms with Crippen LogP contribution in [0.4, 0.5) is 0 Å². The Labute approximate surface area is 104 Å². The van der Waals surface area contributed by atoms with Gasteiger partial charge >= 0.3 is 0 Å². The van der Waals surface area contributed by atoms with Crippen molar-refractivity contribution < 1.29 is 9.21 Å². The third kappa shape index (κ3) is 1.20. The van der Waals surface area contributed by atoms with E-state index in [2.05, 4.69) is 10.3 Å². The van der Waals surface area contributed by atoms with Gasteiger partial charge in [-0.1, -0.05) is 0 Å². The van der Waals surface area contributed by atoms with Crippen LogP contribution in [0, 0.1) is 0 Å². The van der Waals surface area contributed by atoms with Crippen LogP contribution in [0.25, 0.3) is 11.3 Å². The van der Waals surface area contributed by atoms with E-state index in [1.165, 1.54) is 5.56 Å². The molecule has 0 radical (unpaired) electrons. The van der Waals surface area contributed by atoms with E-state index in [1.54, 1.807) is 6.20 Å². The maximum Gasteiger partial charge on any atom is 0.255 e. The van der Waals surface area contributed by atoms with Gasteiger partial charge in [-0.15, -0.1) is 0 Å². The van der Waals surface area contributed by atoms with E-state index in [-0.39, 0.29) is 5.91 Å². The molecular formula is C14H12N2O2. The highest BCUT2D eigenvalue weighted by Gasteiger charge is 2.31. The molecule has 0 bridgehead atoms. The zero-order chi connectivity index (χ0) is 12.1. The number of furan rings is 1. The molecule has 1 N–H and O–H groups in total. The van der Waals surface area contributed by atoms with Gasteiger partial charge in [-0.2, -0.15) is 0 Å². The fourth-order valence-electron chi connectivity index (χ4n) is 2.90. The number of nitrogens with one attached hydrogen (secondary N) is 1. The van der Waals surface area contributed by atoms with Gasteiger partial charge in [-0.25, -0.2) is 0 Å². The lowest BCUT2D eigenvalue weighted by Crippen LogP contribution is -2.31. The summed E-state index contributed by atoms with van der Waals surface area (Å²) >= 11 is 0. The molecule has 4 rings (SSSR count). The van der Waals surface area contributed by atoms with Crippen molar-refractivity contribution in [3.63, 3.8) is 0 Å². The van der Waals surface area contributed by atoms with Gasteiger partial charge in [0.25, 0.3) is 5.91 Å². The molecule has 1 amide bonds. The molecule has 0 atom stereocenters. The molecule has 0 saturated carbocycles. The van der Waals surface area contributed by atoms with E-state index in [4.69, 9.17) is 4.42 Å². The largest absolute Gasteiger partial charge is 0.460 e. The highest BCUT2D eigenvalue weighted by molar-refractivity contribution is 5.99. The second kappa shape index (κ2) is 3.45. The Bertz CT molecular complexity index is 658. The zero-order valence-electron chi connectivity index (χ0n) is 9.82. The normalized spacial score (nSPS) is 16.6. The quantitative estimate of drug-likeness (QED) is 0.763. The monoisotopic (exact) mass is 240 g/mol. The molecule has 0 fully saturated rings. The fourth-order valence-corrected chi connectivity index (χ4v) is 2.90. The summed E-state index contributed by atoms with van der Waals surface area (Å²) in [5, 5.41) is 2.89. The Kier molecular flexibility index (Phi) is 1.89. The number of hydrogen-bond donors (Lipinski definition) is 1. The molecule has 1 aliphatic carbocycles. The minimum Gasteiger partial charge on any atom is -0.460 e. The van der Waals surface area contributed by atoms with Crippen molar-refractivity contribution in [1.82, 2.24) is 10.3 Å².